The van der Waals surface area contributed by atoms with Crippen LogP contribution in [0, 0.1) is 5.21 Å². The lowest BCUT2D eigenvalue weighted by Gasteiger charge is -2.07. The van der Waals surface area contributed by atoms with E-state index in [-0.39, 0.29) is 0 Å². The Labute approximate surface area is 107 Å². The Morgan fingerprint density at radius 1 is 1.12 bits per heavy atom. The third kappa shape index (κ3) is 2.88. The number of hydrogen-bond donors (Lipinski definition) is 0. The van der Waals surface area contributed by atoms with Crippen molar-refractivity contribution < 1.29 is 14.2 Å². The Morgan fingerprint density at radius 3 is 2.35 bits per heavy atom. The number of methoxy groups -OCH3 is 1. The van der Waals surface area contributed by atoms with Gasteiger partial charge in [-0.3, -0.25) is 0 Å². The number of hydrogen-bond acceptors (Lipinski definition) is 3. The second kappa shape index (κ2) is 5.05. The summed E-state index contributed by atoms with van der Waals surface area (Å²) in [6.07, 6.45) is 2.77. The first kappa shape index (κ1) is 11.7. The first-order chi connectivity index (χ1) is 8.19. The standard InChI is InChI=1S/C12H10BrNO3/c1-16-9-2-4-10(5-3-9)17-12-6-7-14(15)8-11(12)13/h2-8H,1H3. The van der Waals surface area contributed by atoms with Gasteiger partial charge in [0.15, 0.2) is 18.1 Å². The summed E-state index contributed by atoms with van der Waals surface area (Å²) in [7, 11) is 1.61. The number of pyridine rings is 1. The minimum Gasteiger partial charge on any atom is -0.619 e. The maximum absolute atomic E-state index is 11.0. The van der Waals surface area contributed by atoms with Crippen LogP contribution in [0.15, 0.2) is 47.2 Å². The molecule has 0 fully saturated rings. The Balaban J connectivity index is 2.19. The molecule has 1 aromatic carbocycles. The number of benzene rings is 1. The lowest BCUT2D eigenvalue weighted by Crippen LogP contribution is -2.23. The first-order valence-electron chi connectivity index (χ1n) is 4.89. The van der Waals surface area contributed by atoms with Crippen LogP contribution in [0.1, 0.15) is 0 Å². The average molecular weight is 296 g/mol. The molecule has 0 saturated carbocycles. The van der Waals surface area contributed by atoms with Crippen LogP contribution in [-0.4, -0.2) is 7.11 Å². The van der Waals surface area contributed by atoms with E-state index >= 15 is 0 Å². The van der Waals surface area contributed by atoms with Gasteiger partial charge in [0.05, 0.1) is 7.11 Å². The summed E-state index contributed by atoms with van der Waals surface area (Å²) in [5.74, 6) is 2.03. The zero-order valence-corrected chi connectivity index (χ0v) is 10.7. The molecule has 1 aromatic heterocycles. The molecule has 17 heavy (non-hydrogen) atoms. The highest BCUT2D eigenvalue weighted by Crippen LogP contribution is 2.28. The third-order valence-electron chi connectivity index (χ3n) is 2.14. The van der Waals surface area contributed by atoms with E-state index in [0.29, 0.717) is 20.7 Å². The smallest absolute Gasteiger partial charge is 0.198 e. The van der Waals surface area contributed by atoms with E-state index in [1.54, 1.807) is 37.4 Å². The van der Waals surface area contributed by atoms with Crippen molar-refractivity contribution in [1.82, 2.24) is 0 Å². The molecule has 2 rings (SSSR count). The molecule has 0 unspecified atom stereocenters. The Morgan fingerprint density at radius 2 is 1.76 bits per heavy atom. The van der Waals surface area contributed by atoms with E-state index in [4.69, 9.17) is 9.47 Å². The van der Waals surface area contributed by atoms with Gasteiger partial charge in [-0.15, -0.1) is 0 Å². The Hall–Kier alpha value is -1.75. The van der Waals surface area contributed by atoms with Crippen LogP contribution in [0.4, 0.5) is 0 Å². The summed E-state index contributed by atoms with van der Waals surface area (Å²) in [6, 6.07) is 8.80. The predicted molar refractivity (Wildman–Crippen MR) is 66.2 cm³/mol. The van der Waals surface area contributed by atoms with Crippen molar-refractivity contribution in [3.05, 3.63) is 52.4 Å². The quantitative estimate of drug-likeness (QED) is 0.646. The summed E-state index contributed by atoms with van der Waals surface area (Å²) < 4.78 is 12.0. The summed E-state index contributed by atoms with van der Waals surface area (Å²) in [6.45, 7) is 0. The lowest BCUT2D eigenvalue weighted by molar-refractivity contribution is -0.606. The molecule has 5 heteroatoms. The van der Waals surface area contributed by atoms with Crippen molar-refractivity contribution in [1.29, 1.82) is 0 Å². The highest BCUT2D eigenvalue weighted by atomic mass is 79.9. The monoisotopic (exact) mass is 295 g/mol. The molecule has 0 atom stereocenters. The van der Waals surface area contributed by atoms with Gasteiger partial charge in [-0.05, 0) is 40.2 Å². The molecule has 1 heterocycles. The number of rotatable bonds is 3. The van der Waals surface area contributed by atoms with Crippen LogP contribution in [-0.2, 0) is 0 Å². The van der Waals surface area contributed by atoms with Crippen LogP contribution >= 0.6 is 15.9 Å². The van der Waals surface area contributed by atoms with E-state index in [9.17, 15) is 5.21 Å². The highest BCUT2D eigenvalue weighted by molar-refractivity contribution is 9.10. The van der Waals surface area contributed by atoms with Gasteiger partial charge in [0.25, 0.3) is 0 Å². The van der Waals surface area contributed by atoms with Crippen molar-refractivity contribution in [2.75, 3.05) is 7.11 Å². The van der Waals surface area contributed by atoms with Crippen LogP contribution in [0.2, 0.25) is 0 Å². The molecular formula is C12H10BrNO3. The van der Waals surface area contributed by atoms with E-state index in [1.807, 2.05) is 0 Å². The molecule has 0 aliphatic carbocycles. The maximum Gasteiger partial charge on any atom is 0.198 e. The van der Waals surface area contributed by atoms with Crippen molar-refractivity contribution in [3.8, 4) is 17.2 Å². The molecule has 0 N–H and O–H groups in total. The summed E-state index contributed by atoms with van der Waals surface area (Å²) >= 11 is 3.26. The molecule has 0 aliphatic rings. The highest BCUT2D eigenvalue weighted by Gasteiger charge is 2.06. The molecule has 0 aliphatic heterocycles. The second-order valence-electron chi connectivity index (χ2n) is 3.29. The SMILES string of the molecule is COc1ccc(Oc2cc[n+]([O-])cc2Br)cc1. The average Bonchev–Trinajstić information content (AvgIpc) is 2.34. The van der Waals surface area contributed by atoms with Crippen LogP contribution < -0.4 is 14.2 Å². The number of ether oxygens (including phenoxy) is 2. The first-order valence-corrected chi connectivity index (χ1v) is 5.68. The fourth-order valence-electron chi connectivity index (χ4n) is 1.29. The van der Waals surface area contributed by atoms with Crippen molar-refractivity contribution >= 4 is 15.9 Å². The van der Waals surface area contributed by atoms with Crippen molar-refractivity contribution in [3.63, 3.8) is 0 Å². The van der Waals surface area contributed by atoms with Crippen molar-refractivity contribution in [2.24, 2.45) is 0 Å². The van der Waals surface area contributed by atoms with Gasteiger partial charge in [0.2, 0.25) is 0 Å². The van der Waals surface area contributed by atoms with Crippen molar-refractivity contribution in [2.45, 2.75) is 0 Å². The zero-order valence-electron chi connectivity index (χ0n) is 9.09. The molecular weight excluding hydrogens is 286 g/mol. The molecule has 88 valence electrons. The predicted octanol–water partition coefficient (Wildman–Crippen LogP) is 2.88. The Kier molecular flexibility index (Phi) is 3.49. The van der Waals surface area contributed by atoms with Gasteiger partial charge in [0, 0.05) is 6.07 Å². The third-order valence-corrected chi connectivity index (χ3v) is 2.73. The van der Waals surface area contributed by atoms with Gasteiger partial charge < -0.3 is 14.7 Å². The normalized spacial score (nSPS) is 10.0. The van der Waals surface area contributed by atoms with Gasteiger partial charge in [-0.25, -0.2) is 0 Å². The van der Waals surface area contributed by atoms with E-state index in [1.165, 1.54) is 12.4 Å². The largest absolute Gasteiger partial charge is 0.619 e. The number of nitrogens with zero attached hydrogens (tertiary/aromatic N) is 1. The van der Waals surface area contributed by atoms with Gasteiger partial charge in [0.1, 0.15) is 16.0 Å². The van der Waals surface area contributed by atoms with Gasteiger partial charge in [-0.1, -0.05) is 0 Å². The summed E-state index contributed by atoms with van der Waals surface area (Å²) in [4.78, 5) is 0. The van der Waals surface area contributed by atoms with E-state index < -0.39 is 0 Å². The molecule has 0 bridgehead atoms. The fraction of sp³-hybridized carbons (Fsp3) is 0.0833. The topological polar surface area (TPSA) is 45.4 Å². The fourth-order valence-corrected chi connectivity index (χ4v) is 1.71. The van der Waals surface area contributed by atoms with Crippen LogP contribution in [0.25, 0.3) is 0 Å². The van der Waals surface area contributed by atoms with Crippen LogP contribution in [0.3, 0.4) is 0 Å². The van der Waals surface area contributed by atoms with E-state index in [2.05, 4.69) is 15.9 Å². The number of halogens is 1. The Bertz CT molecular complexity index is 514. The molecule has 0 radical (unpaired) electrons. The minimum atomic E-state index is 0.585. The molecule has 4 nitrogen and oxygen atoms in total. The summed E-state index contributed by atoms with van der Waals surface area (Å²) in [5.41, 5.74) is 0. The molecule has 0 saturated heterocycles. The lowest BCUT2D eigenvalue weighted by atomic mass is 10.3. The van der Waals surface area contributed by atoms with Crippen LogP contribution in [0.5, 0.6) is 17.2 Å². The number of aromatic nitrogens is 1. The molecule has 2 aromatic rings. The summed E-state index contributed by atoms with van der Waals surface area (Å²) in [5, 5.41) is 11.0. The maximum atomic E-state index is 11.0. The molecule has 0 spiro atoms. The van der Waals surface area contributed by atoms with Gasteiger partial charge in [-0.2, -0.15) is 4.73 Å². The molecule has 0 amide bonds. The van der Waals surface area contributed by atoms with E-state index in [0.717, 1.165) is 5.75 Å². The zero-order chi connectivity index (χ0) is 12.3. The second-order valence-corrected chi connectivity index (χ2v) is 4.15. The minimum absolute atomic E-state index is 0.585. The van der Waals surface area contributed by atoms with Gasteiger partial charge >= 0.3 is 0 Å².